The number of nitrogens with one attached hydrogen (secondary N) is 2. The Morgan fingerprint density at radius 2 is 1.89 bits per heavy atom. The summed E-state index contributed by atoms with van der Waals surface area (Å²) in [7, 11) is 0. The van der Waals surface area contributed by atoms with Gasteiger partial charge in [-0.25, -0.2) is 0 Å². The zero-order valence-corrected chi connectivity index (χ0v) is 19.3. The molecule has 6 heteroatoms. The molecule has 27 heavy (non-hydrogen) atoms. The SMILES string of the molecule is CCNC(=NCCCCOCC)NC1CCN(Cc2ccccc2)CC1.I. The van der Waals surface area contributed by atoms with Gasteiger partial charge in [0.15, 0.2) is 5.96 Å². The molecule has 2 N–H and O–H groups in total. The Hall–Kier alpha value is -0.860. The van der Waals surface area contributed by atoms with Crippen LogP contribution in [0.2, 0.25) is 0 Å². The van der Waals surface area contributed by atoms with Crippen molar-refractivity contribution < 1.29 is 4.74 Å². The molecule has 1 aliphatic rings. The molecule has 1 aromatic rings. The van der Waals surface area contributed by atoms with E-state index in [1.54, 1.807) is 0 Å². The van der Waals surface area contributed by atoms with Crippen molar-refractivity contribution in [2.45, 2.75) is 52.1 Å². The molecule has 1 aromatic carbocycles. The van der Waals surface area contributed by atoms with Crippen molar-refractivity contribution in [1.82, 2.24) is 15.5 Å². The molecule has 0 saturated carbocycles. The van der Waals surface area contributed by atoms with Crippen LogP contribution >= 0.6 is 24.0 Å². The average Bonchev–Trinajstić information content (AvgIpc) is 2.67. The number of halogens is 1. The minimum atomic E-state index is 0. The number of benzene rings is 1. The molecule has 1 saturated heterocycles. The fourth-order valence-electron chi connectivity index (χ4n) is 3.24. The van der Waals surface area contributed by atoms with Crippen molar-refractivity contribution in [3.63, 3.8) is 0 Å². The van der Waals surface area contributed by atoms with E-state index in [2.05, 4.69) is 52.8 Å². The molecule has 2 rings (SSSR count). The summed E-state index contributed by atoms with van der Waals surface area (Å²) in [6.07, 6.45) is 4.49. The number of rotatable bonds is 10. The summed E-state index contributed by atoms with van der Waals surface area (Å²) in [4.78, 5) is 7.26. The van der Waals surface area contributed by atoms with Crippen LogP contribution in [0, 0.1) is 0 Å². The second kappa shape index (κ2) is 15.1. The van der Waals surface area contributed by atoms with E-state index in [0.717, 1.165) is 64.7 Å². The van der Waals surface area contributed by atoms with Crippen molar-refractivity contribution in [1.29, 1.82) is 0 Å². The average molecular weight is 488 g/mol. The van der Waals surface area contributed by atoms with Crippen molar-refractivity contribution >= 4 is 29.9 Å². The first kappa shape index (κ1) is 24.2. The van der Waals surface area contributed by atoms with Gasteiger partial charge in [0, 0.05) is 52.0 Å². The lowest BCUT2D eigenvalue weighted by atomic mass is 10.0. The van der Waals surface area contributed by atoms with Gasteiger partial charge >= 0.3 is 0 Å². The Morgan fingerprint density at radius 1 is 1.15 bits per heavy atom. The Labute approximate surface area is 182 Å². The van der Waals surface area contributed by atoms with Gasteiger partial charge in [-0.2, -0.15) is 0 Å². The number of piperidine rings is 1. The lowest BCUT2D eigenvalue weighted by Gasteiger charge is -2.33. The van der Waals surface area contributed by atoms with E-state index in [4.69, 9.17) is 9.73 Å². The van der Waals surface area contributed by atoms with Crippen LogP contribution in [0.15, 0.2) is 35.3 Å². The lowest BCUT2D eigenvalue weighted by Crippen LogP contribution is -2.48. The summed E-state index contributed by atoms with van der Waals surface area (Å²) < 4.78 is 5.38. The molecule has 5 nitrogen and oxygen atoms in total. The summed E-state index contributed by atoms with van der Waals surface area (Å²) in [5.74, 6) is 0.963. The van der Waals surface area contributed by atoms with Crippen molar-refractivity contribution in [3.05, 3.63) is 35.9 Å². The van der Waals surface area contributed by atoms with Crippen LogP contribution in [-0.2, 0) is 11.3 Å². The monoisotopic (exact) mass is 488 g/mol. The first-order valence-corrected chi connectivity index (χ1v) is 10.2. The van der Waals surface area contributed by atoms with E-state index in [1.165, 1.54) is 18.4 Å². The van der Waals surface area contributed by atoms with Gasteiger partial charge in [0.05, 0.1) is 0 Å². The van der Waals surface area contributed by atoms with Crippen molar-refractivity contribution in [2.75, 3.05) is 39.4 Å². The van der Waals surface area contributed by atoms with Gasteiger partial charge < -0.3 is 15.4 Å². The highest BCUT2D eigenvalue weighted by Crippen LogP contribution is 2.13. The van der Waals surface area contributed by atoms with Gasteiger partial charge in [0.1, 0.15) is 0 Å². The maximum Gasteiger partial charge on any atom is 0.191 e. The summed E-state index contributed by atoms with van der Waals surface area (Å²) in [5, 5.41) is 7.00. The predicted octanol–water partition coefficient (Wildman–Crippen LogP) is 3.64. The Morgan fingerprint density at radius 3 is 2.56 bits per heavy atom. The fraction of sp³-hybridized carbons (Fsp3) is 0.667. The highest BCUT2D eigenvalue weighted by molar-refractivity contribution is 14.0. The number of unbranched alkanes of at least 4 members (excludes halogenated alkanes) is 1. The maximum atomic E-state index is 5.38. The third-order valence-electron chi connectivity index (χ3n) is 4.69. The van der Waals surface area contributed by atoms with Crippen LogP contribution in [-0.4, -0.2) is 56.3 Å². The van der Waals surface area contributed by atoms with Crippen LogP contribution in [0.4, 0.5) is 0 Å². The molecule has 0 radical (unpaired) electrons. The first-order chi connectivity index (χ1) is 12.8. The molecular weight excluding hydrogens is 451 g/mol. The highest BCUT2D eigenvalue weighted by atomic mass is 127. The number of hydrogen-bond acceptors (Lipinski definition) is 3. The van der Waals surface area contributed by atoms with Gasteiger partial charge in [-0.05, 0) is 45.1 Å². The normalized spacial score (nSPS) is 16.0. The Kier molecular flexibility index (Phi) is 13.5. The van der Waals surface area contributed by atoms with E-state index < -0.39 is 0 Å². The number of likely N-dealkylation sites (tertiary alicyclic amines) is 1. The van der Waals surface area contributed by atoms with E-state index in [0.29, 0.717) is 6.04 Å². The molecule has 0 bridgehead atoms. The van der Waals surface area contributed by atoms with Crippen LogP contribution < -0.4 is 10.6 Å². The first-order valence-electron chi connectivity index (χ1n) is 10.2. The summed E-state index contributed by atoms with van der Waals surface area (Å²) in [6, 6.07) is 11.3. The zero-order valence-electron chi connectivity index (χ0n) is 17.0. The third kappa shape index (κ3) is 10.3. The largest absolute Gasteiger partial charge is 0.382 e. The molecule has 0 atom stereocenters. The standard InChI is InChI=1S/C21H36N4O.HI/c1-3-22-21(23-14-8-9-17-26-4-2)24-20-12-15-25(16-13-20)18-19-10-6-5-7-11-19;/h5-7,10-11,20H,3-4,8-9,12-18H2,1-2H3,(H2,22,23,24);1H. The molecule has 0 aliphatic carbocycles. The quantitative estimate of drug-likeness (QED) is 0.229. The molecule has 1 heterocycles. The second-order valence-corrected chi connectivity index (χ2v) is 6.85. The maximum absolute atomic E-state index is 5.38. The molecule has 0 amide bonds. The van der Waals surface area contributed by atoms with Crippen LogP contribution in [0.3, 0.4) is 0 Å². The minimum Gasteiger partial charge on any atom is -0.382 e. The van der Waals surface area contributed by atoms with E-state index in [1.807, 2.05) is 6.92 Å². The van der Waals surface area contributed by atoms with Crippen LogP contribution in [0.25, 0.3) is 0 Å². The number of ether oxygens (including phenoxy) is 1. The highest BCUT2D eigenvalue weighted by Gasteiger charge is 2.19. The number of guanidine groups is 1. The number of nitrogens with zero attached hydrogens (tertiary/aromatic N) is 2. The second-order valence-electron chi connectivity index (χ2n) is 6.85. The molecule has 0 unspecified atom stereocenters. The van der Waals surface area contributed by atoms with Crippen LogP contribution in [0.1, 0.15) is 45.1 Å². The summed E-state index contributed by atoms with van der Waals surface area (Å²) in [5.41, 5.74) is 1.40. The smallest absolute Gasteiger partial charge is 0.191 e. The Bertz CT molecular complexity index is 504. The fourth-order valence-corrected chi connectivity index (χ4v) is 3.24. The molecule has 154 valence electrons. The van der Waals surface area contributed by atoms with Gasteiger partial charge in [-0.15, -0.1) is 24.0 Å². The van der Waals surface area contributed by atoms with Gasteiger partial charge in [0.25, 0.3) is 0 Å². The van der Waals surface area contributed by atoms with E-state index >= 15 is 0 Å². The van der Waals surface area contributed by atoms with E-state index in [9.17, 15) is 0 Å². The molecule has 0 aromatic heterocycles. The molecular formula is C21H37IN4O. The number of hydrogen-bond donors (Lipinski definition) is 2. The van der Waals surface area contributed by atoms with Gasteiger partial charge in [-0.1, -0.05) is 30.3 Å². The summed E-state index contributed by atoms with van der Waals surface area (Å²) in [6.45, 7) is 10.9. The molecule has 0 spiro atoms. The Balaban J connectivity index is 0.00000364. The van der Waals surface area contributed by atoms with E-state index in [-0.39, 0.29) is 24.0 Å². The van der Waals surface area contributed by atoms with Crippen molar-refractivity contribution in [2.24, 2.45) is 4.99 Å². The topological polar surface area (TPSA) is 48.9 Å². The zero-order chi connectivity index (χ0) is 18.5. The molecule has 1 fully saturated rings. The third-order valence-corrected chi connectivity index (χ3v) is 4.69. The van der Waals surface area contributed by atoms with Crippen molar-refractivity contribution in [3.8, 4) is 0 Å². The number of aliphatic imine (C=N–C) groups is 1. The lowest BCUT2D eigenvalue weighted by molar-refractivity contribution is 0.144. The van der Waals surface area contributed by atoms with Gasteiger partial charge in [-0.3, -0.25) is 9.89 Å². The predicted molar refractivity (Wildman–Crippen MR) is 125 cm³/mol. The summed E-state index contributed by atoms with van der Waals surface area (Å²) >= 11 is 0. The van der Waals surface area contributed by atoms with Crippen LogP contribution in [0.5, 0.6) is 0 Å². The minimum absolute atomic E-state index is 0. The van der Waals surface area contributed by atoms with Gasteiger partial charge in [0.2, 0.25) is 0 Å². The molecule has 1 aliphatic heterocycles.